The maximum atomic E-state index is 13.5. The van der Waals surface area contributed by atoms with Gasteiger partial charge in [-0.3, -0.25) is 4.90 Å². The highest BCUT2D eigenvalue weighted by Crippen LogP contribution is 2.40. The highest BCUT2D eigenvalue weighted by atomic mass is 19.4. The predicted molar refractivity (Wildman–Crippen MR) is 78.0 cm³/mol. The van der Waals surface area contributed by atoms with Crippen LogP contribution in [0.1, 0.15) is 37.9 Å². The summed E-state index contributed by atoms with van der Waals surface area (Å²) in [5, 5.41) is 3.24. The molecular weight excluding hydrogens is 296 g/mol. The van der Waals surface area contributed by atoms with Gasteiger partial charge in [0, 0.05) is 32.2 Å². The molecule has 0 bridgehead atoms. The average Bonchev–Trinajstić information content (AvgIpc) is 2.39. The van der Waals surface area contributed by atoms with Crippen molar-refractivity contribution in [3.8, 4) is 0 Å². The van der Waals surface area contributed by atoms with Crippen LogP contribution in [0.4, 0.5) is 17.6 Å². The molecule has 2 nitrogen and oxygen atoms in total. The molecule has 0 amide bonds. The van der Waals surface area contributed by atoms with Crippen LogP contribution in [0.3, 0.4) is 0 Å². The molecule has 0 spiro atoms. The van der Waals surface area contributed by atoms with Crippen LogP contribution in [-0.2, 0) is 6.18 Å². The van der Waals surface area contributed by atoms with E-state index < -0.39 is 17.6 Å². The summed E-state index contributed by atoms with van der Waals surface area (Å²) in [5.74, 6) is -1.22. The Morgan fingerprint density at radius 3 is 2.18 bits per heavy atom. The number of benzene rings is 1. The van der Waals surface area contributed by atoms with Crippen molar-refractivity contribution in [2.75, 3.05) is 26.2 Å². The summed E-state index contributed by atoms with van der Waals surface area (Å²) in [7, 11) is 0. The lowest BCUT2D eigenvalue weighted by Crippen LogP contribution is -2.48. The third kappa shape index (κ3) is 3.79. The van der Waals surface area contributed by atoms with Gasteiger partial charge in [-0.25, -0.2) is 4.39 Å². The average molecular weight is 318 g/mol. The third-order valence-electron chi connectivity index (χ3n) is 3.95. The van der Waals surface area contributed by atoms with Crippen LogP contribution in [0.5, 0.6) is 0 Å². The quantitative estimate of drug-likeness (QED) is 0.834. The van der Waals surface area contributed by atoms with E-state index in [4.69, 9.17) is 0 Å². The van der Waals surface area contributed by atoms with Crippen molar-refractivity contribution in [2.45, 2.75) is 33.0 Å². The molecule has 0 unspecified atom stereocenters. The second-order valence-electron chi connectivity index (χ2n) is 6.79. The largest absolute Gasteiger partial charge is 0.419 e. The SMILES string of the molecule is CC(C)(C)[C@@H](c1ccc(F)c(C(F)(F)F)c1)N1CCNCC1. The zero-order valence-corrected chi connectivity index (χ0v) is 13.1. The fraction of sp³-hybridized carbons (Fsp3) is 0.625. The zero-order valence-electron chi connectivity index (χ0n) is 13.1. The van der Waals surface area contributed by atoms with Crippen LogP contribution < -0.4 is 5.32 Å². The fourth-order valence-electron chi connectivity index (χ4n) is 3.13. The monoisotopic (exact) mass is 318 g/mol. The summed E-state index contributed by atoms with van der Waals surface area (Å²) in [6.45, 7) is 9.13. The highest BCUT2D eigenvalue weighted by Gasteiger charge is 2.37. The van der Waals surface area contributed by atoms with E-state index in [9.17, 15) is 17.6 Å². The normalized spacial score (nSPS) is 19.2. The number of hydrogen-bond acceptors (Lipinski definition) is 2. The van der Waals surface area contributed by atoms with Gasteiger partial charge in [-0.15, -0.1) is 0 Å². The van der Waals surface area contributed by atoms with E-state index in [2.05, 4.69) is 10.2 Å². The van der Waals surface area contributed by atoms with E-state index in [1.807, 2.05) is 20.8 Å². The molecule has 22 heavy (non-hydrogen) atoms. The molecule has 1 N–H and O–H groups in total. The molecule has 124 valence electrons. The second kappa shape index (κ2) is 6.16. The minimum Gasteiger partial charge on any atom is -0.314 e. The Hall–Kier alpha value is -1.14. The van der Waals surface area contributed by atoms with E-state index in [1.165, 1.54) is 6.07 Å². The maximum absolute atomic E-state index is 13.5. The van der Waals surface area contributed by atoms with E-state index in [0.717, 1.165) is 38.3 Å². The highest BCUT2D eigenvalue weighted by molar-refractivity contribution is 5.30. The van der Waals surface area contributed by atoms with Gasteiger partial charge in [-0.1, -0.05) is 26.8 Å². The molecule has 0 aromatic heterocycles. The molecule has 1 aromatic rings. The lowest BCUT2D eigenvalue weighted by Gasteiger charge is -2.42. The first-order valence-electron chi connectivity index (χ1n) is 7.42. The van der Waals surface area contributed by atoms with Crippen molar-refractivity contribution in [1.82, 2.24) is 10.2 Å². The molecule has 1 aliphatic heterocycles. The molecule has 1 aliphatic rings. The molecule has 1 atom stereocenters. The summed E-state index contributed by atoms with van der Waals surface area (Å²) in [6, 6.07) is 3.19. The van der Waals surface area contributed by atoms with Gasteiger partial charge in [0.15, 0.2) is 0 Å². The van der Waals surface area contributed by atoms with Gasteiger partial charge in [0.25, 0.3) is 0 Å². The summed E-state index contributed by atoms with van der Waals surface area (Å²) in [6.07, 6.45) is -4.67. The molecule has 1 aromatic carbocycles. The molecule has 1 heterocycles. The number of halogens is 4. The van der Waals surface area contributed by atoms with Gasteiger partial charge >= 0.3 is 6.18 Å². The number of piperazine rings is 1. The van der Waals surface area contributed by atoms with Crippen molar-refractivity contribution < 1.29 is 17.6 Å². The number of nitrogens with one attached hydrogen (secondary N) is 1. The van der Waals surface area contributed by atoms with Crippen LogP contribution in [-0.4, -0.2) is 31.1 Å². The smallest absolute Gasteiger partial charge is 0.314 e. The predicted octanol–water partition coefficient (Wildman–Crippen LogP) is 3.84. The minimum absolute atomic E-state index is 0.184. The van der Waals surface area contributed by atoms with Crippen molar-refractivity contribution in [2.24, 2.45) is 5.41 Å². The zero-order chi connectivity index (χ0) is 16.5. The Balaban J connectivity index is 2.44. The molecule has 0 aliphatic carbocycles. The standard InChI is InChI=1S/C16H22F4N2/c1-15(2,3)14(22-8-6-21-7-9-22)11-4-5-13(17)12(10-11)16(18,19)20/h4-5,10,14,21H,6-9H2,1-3H3/t14-/m1/s1. The molecule has 6 heteroatoms. The Bertz CT molecular complexity index is 514. The van der Waals surface area contributed by atoms with Crippen LogP contribution >= 0.6 is 0 Å². The van der Waals surface area contributed by atoms with E-state index >= 15 is 0 Å². The number of hydrogen-bond donors (Lipinski definition) is 1. The Morgan fingerprint density at radius 2 is 1.68 bits per heavy atom. The Morgan fingerprint density at radius 1 is 1.09 bits per heavy atom. The van der Waals surface area contributed by atoms with Crippen LogP contribution in [0.15, 0.2) is 18.2 Å². The maximum Gasteiger partial charge on any atom is 0.419 e. The van der Waals surface area contributed by atoms with Crippen molar-refractivity contribution in [1.29, 1.82) is 0 Å². The lowest BCUT2D eigenvalue weighted by atomic mass is 9.80. The fourth-order valence-corrected chi connectivity index (χ4v) is 3.13. The third-order valence-corrected chi connectivity index (χ3v) is 3.95. The second-order valence-corrected chi connectivity index (χ2v) is 6.79. The van der Waals surface area contributed by atoms with Gasteiger partial charge in [0.1, 0.15) is 5.82 Å². The Labute approximate surface area is 128 Å². The first-order chi connectivity index (χ1) is 10.1. The van der Waals surface area contributed by atoms with Crippen LogP contribution in [0.2, 0.25) is 0 Å². The minimum atomic E-state index is -4.67. The molecule has 1 fully saturated rings. The molecule has 0 saturated carbocycles. The summed E-state index contributed by atoms with van der Waals surface area (Å²) in [5.41, 5.74) is -0.921. The van der Waals surface area contributed by atoms with Crippen molar-refractivity contribution >= 4 is 0 Å². The first kappa shape index (κ1) is 17.2. The van der Waals surface area contributed by atoms with Gasteiger partial charge < -0.3 is 5.32 Å². The van der Waals surface area contributed by atoms with Gasteiger partial charge in [-0.05, 0) is 23.1 Å². The molecule has 1 saturated heterocycles. The number of nitrogens with zero attached hydrogens (tertiary/aromatic N) is 1. The summed E-state index contributed by atoms with van der Waals surface area (Å²) >= 11 is 0. The van der Waals surface area contributed by atoms with Gasteiger partial charge in [0.2, 0.25) is 0 Å². The van der Waals surface area contributed by atoms with E-state index in [1.54, 1.807) is 0 Å². The summed E-state index contributed by atoms with van der Waals surface area (Å²) < 4.78 is 52.4. The molecule has 2 rings (SSSR count). The number of rotatable bonds is 2. The lowest BCUT2D eigenvalue weighted by molar-refractivity contribution is -0.140. The van der Waals surface area contributed by atoms with Crippen LogP contribution in [0.25, 0.3) is 0 Å². The van der Waals surface area contributed by atoms with E-state index in [0.29, 0.717) is 5.56 Å². The van der Waals surface area contributed by atoms with Crippen molar-refractivity contribution in [3.63, 3.8) is 0 Å². The summed E-state index contributed by atoms with van der Waals surface area (Å²) in [4.78, 5) is 2.17. The number of alkyl halides is 3. The molecule has 0 radical (unpaired) electrons. The van der Waals surface area contributed by atoms with E-state index in [-0.39, 0.29) is 11.5 Å². The van der Waals surface area contributed by atoms with Gasteiger partial charge in [0.05, 0.1) is 5.56 Å². The first-order valence-corrected chi connectivity index (χ1v) is 7.42. The van der Waals surface area contributed by atoms with Crippen molar-refractivity contribution in [3.05, 3.63) is 35.1 Å². The molecular formula is C16H22F4N2. The topological polar surface area (TPSA) is 15.3 Å². The van der Waals surface area contributed by atoms with Gasteiger partial charge in [-0.2, -0.15) is 13.2 Å². The Kier molecular flexibility index (Phi) is 4.82. The van der Waals surface area contributed by atoms with Crippen LogP contribution in [0, 0.1) is 11.2 Å².